The molecular formula is C14H21NO. The standard InChI is InChI=1S/C14H21NO/c1-15-8-4-7-14(10-15)9-12-5-2-3-6-13(12)16-11-14/h2-3,6,12H,4-5,7-11H2,1H3. The van der Waals surface area contributed by atoms with Crippen LogP contribution in [0.2, 0.25) is 0 Å². The number of ether oxygens (including phenoxy) is 1. The van der Waals surface area contributed by atoms with Gasteiger partial charge in [0.05, 0.1) is 12.4 Å². The van der Waals surface area contributed by atoms with E-state index in [2.05, 4.69) is 30.2 Å². The van der Waals surface area contributed by atoms with Crippen LogP contribution in [-0.4, -0.2) is 31.6 Å². The molecule has 2 heteroatoms. The Morgan fingerprint density at radius 2 is 2.44 bits per heavy atom. The second kappa shape index (κ2) is 3.92. The Morgan fingerprint density at radius 1 is 1.50 bits per heavy atom. The number of fused-ring (bicyclic) bond motifs is 1. The van der Waals surface area contributed by atoms with Gasteiger partial charge < -0.3 is 9.64 Å². The molecule has 0 bridgehead atoms. The van der Waals surface area contributed by atoms with Gasteiger partial charge in [0.25, 0.3) is 0 Å². The quantitative estimate of drug-likeness (QED) is 0.621. The third kappa shape index (κ3) is 1.80. The lowest BCUT2D eigenvalue weighted by Crippen LogP contribution is -2.47. The van der Waals surface area contributed by atoms with E-state index in [1.807, 2.05) is 0 Å². The largest absolute Gasteiger partial charge is 0.497 e. The molecule has 0 radical (unpaired) electrons. The van der Waals surface area contributed by atoms with E-state index in [-0.39, 0.29) is 0 Å². The van der Waals surface area contributed by atoms with Crippen molar-refractivity contribution in [2.24, 2.45) is 11.3 Å². The Hall–Kier alpha value is -0.760. The van der Waals surface area contributed by atoms with Gasteiger partial charge in [0, 0.05) is 17.9 Å². The van der Waals surface area contributed by atoms with Gasteiger partial charge in [0.2, 0.25) is 0 Å². The zero-order valence-electron chi connectivity index (χ0n) is 10.1. The van der Waals surface area contributed by atoms with E-state index in [1.165, 1.54) is 44.5 Å². The summed E-state index contributed by atoms with van der Waals surface area (Å²) in [6.45, 7) is 3.42. The van der Waals surface area contributed by atoms with Crippen molar-refractivity contribution in [3.05, 3.63) is 24.0 Å². The molecule has 2 saturated heterocycles. The highest BCUT2D eigenvalue weighted by atomic mass is 16.5. The minimum absolute atomic E-state index is 0.445. The molecule has 0 aromatic rings. The van der Waals surface area contributed by atoms with Gasteiger partial charge in [0.15, 0.2) is 0 Å². The molecule has 0 amide bonds. The van der Waals surface area contributed by atoms with Crippen LogP contribution in [0.25, 0.3) is 0 Å². The Bertz CT molecular complexity index is 334. The summed E-state index contributed by atoms with van der Waals surface area (Å²) in [5, 5.41) is 0. The average Bonchev–Trinajstić information content (AvgIpc) is 2.28. The first kappa shape index (κ1) is 10.4. The van der Waals surface area contributed by atoms with Crippen molar-refractivity contribution in [2.75, 3.05) is 26.7 Å². The molecule has 16 heavy (non-hydrogen) atoms. The molecule has 0 saturated carbocycles. The molecule has 0 aromatic carbocycles. The SMILES string of the molecule is CN1CCCC2(COC3=CC=CCC3C2)C1. The van der Waals surface area contributed by atoms with Crippen molar-refractivity contribution in [1.29, 1.82) is 0 Å². The topological polar surface area (TPSA) is 12.5 Å². The molecule has 1 aliphatic carbocycles. The van der Waals surface area contributed by atoms with Gasteiger partial charge in [-0.05, 0) is 45.4 Å². The van der Waals surface area contributed by atoms with Crippen LogP contribution in [0.5, 0.6) is 0 Å². The van der Waals surface area contributed by atoms with E-state index in [9.17, 15) is 0 Å². The van der Waals surface area contributed by atoms with Crippen LogP contribution in [0.1, 0.15) is 25.7 Å². The van der Waals surface area contributed by atoms with Crippen molar-refractivity contribution in [1.82, 2.24) is 4.90 Å². The molecule has 2 atom stereocenters. The van der Waals surface area contributed by atoms with Gasteiger partial charge in [-0.25, -0.2) is 0 Å². The Morgan fingerprint density at radius 3 is 3.31 bits per heavy atom. The molecule has 0 aromatic heterocycles. The van der Waals surface area contributed by atoms with Gasteiger partial charge in [-0.15, -0.1) is 0 Å². The predicted octanol–water partition coefficient (Wildman–Crippen LogP) is 2.58. The second-order valence-electron chi connectivity index (χ2n) is 5.76. The Labute approximate surface area is 98.0 Å². The fourth-order valence-corrected chi connectivity index (χ4v) is 3.56. The number of likely N-dealkylation sites (tertiary alicyclic amines) is 1. The summed E-state index contributed by atoms with van der Waals surface area (Å²) in [7, 11) is 2.24. The van der Waals surface area contributed by atoms with Gasteiger partial charge in [-0.3, -0.25) is 0 Å². The molecule has 2 aliphatic heterocycles. The molecule has 0 N–H and O–H groups in total. The van der Waals surface area contributed by atoms with Crippen molar-refractivity contribution in [2.45, 2.75) is 25.7 Å². The van der Waals surface area contributed by atoms with Crippen LogP contribution in [0.3, 0.4) is 0 Å². The van der Waals surface area contributed by atoms with Crippen LogP contribution in [0, 0.1) is 11.3 Å². The molecule has 1 spiro atoms. The minimum atomic E-state index is 0.445. The zero-order chi connectivity index (χ0) is 11.0. The third-order valence-corrected chi connectivity index (χ3v) is 4.30. The minimum Gasteiger partial charge on any atom is -0.497 e. The van der Waals surface area contributed by atoms with E-state index < -0.39 is 0 Å². The molecular weight excluding hydrogens is 198 g/mol. The van der Waals surface area contributed by atoms with Crippen LogP contribution in [-0.2, 0) is 4.74 Å². The van der Waals surface area contributed by atoms with Crippen molar-refractivity contribution in [3.63, 3.8) is 0 Å². The maximum absolute atomic E-state index is 6.01. The van der Waals surface area contributed by atoms with E-state index in [4.69, 9.17) is 4.74 Å². The maximum atomic E-state index is 6.01. The van der Waals surface area contributed by atoms with Crippen molar-refractivity contribution < 1.29 is 4.74 Å². The summed E-state index contributed by atoms with van der Waals surface area (Å²) in [4.78, 5) is 2.47. The summed E-state index contributed by atoms with van der Waals surface area (Å²) >= 11 is 0. The van der Waals surface area contributed by atoms with E-state index >= 15 is 0 Å². The van der Waals surface area contributed by atoms with Crippen LogP contribution < -0.4 is 0 Å². The molecule has 2 fully saturated rings. The summed E-state index contributed by atoms with van der Waals surface area (Å²) in [6.07, 6.45) is 11.8. The normalized spacial score (nSPS) is 39.1. The highest BCUT2D eigenvalue weighted by molar-refractivity contribution is 5.19. The summed E-state index contributed by atoms with van der Waals surface area (Å²) in [5.74, 6) is 1.90. The Balaban J connectivity index is 1.75. The average molecular weight is 219 g/mol. The Kier molecular flexibility index (Phi) is 2.55. The van der Waals surface area contributed by atoms with Crippen LogP contribution in [0.15, 0.2) is 24.0 Å². The number of piperidine rings is 1. The van der Waals surface area contributed by atoms with Crippen LogP contribution >= 0.6 is 0 Å². The van der Waals surface area contributed by atoms with E-state index in [1.54, 1.807) is 0 Å². The van der Waals surface area contributed by atoms with Gasteiger partial charge >= 0.3 is 0 Å². The molecule has 3 aliphatic rings. The molecule has 2 unspecified atom stereocenters. The first-order chi connectivity index (χ1) is 7.77. The monoisotopic (exact) mass is 219 g/mol. The highest BCUT2D eigenvalue weighted by Gasteiger charge is 2.41. The van der Waals surface area contributed by atoms with Gasteiger partial charge in [-0.1, -0.05) is 12.2 Å². The summed E-state index contributed by atoms with van der Waals surface area (Å²) in [6, 6.07) is 0. The fraction of sp³-hybridized carbons (Fsp3) is 0.714. The maximum Gasteiger partial charge on any atom is 0.0994 e. The third-order valence-electron chi connectivity index (χ3n) is 4.30. The highest BCUT2D eigenvalue weighted by Crippen LogP contribution is 2.44. The lowest BCUT2D eigenvalue weighted by atomic mass is 9.70. The zero-order valence-corrected chi connectivity index (χ0v) is 10.1. The van der Waals surface area contributed by atoms with E-state index in [0.29, 0.717) is 11.3 Å². The second-order valence-corrected chi connectivity index (χ2v) is 5.76. The number of rotatable bonds is 0. The van der Waals surface area contributed by atoms with Crippen molar-refractivity contribution in [3.8, 4) is 0 Å². The van der Waals surface area contributed by atoms with Crippen LogP contribution in [0.4, 0.5) is 0 Å². The lowest BCUT2D eigenvalue weighted by molar-refractivity contribution is -0.0343. The number of hydrogen-bond donors (Lipinski definition) is 0. The van der Waals surface area contributed by atoms with Gasteiger partial charge in [0.1, 0.15) is 0 Å². The molecule has 2 heterocycles. The first-order valence-corrected chi connectivity index (χ1v) is 6.46. The van der Waals surface area contributed by atoms with Gasteiger partial charge in [-0.2, -0.15) is 0 Å². The predicted molar refractivity (Wildman–Crippen MR) is 65.1 cm³/mol. The smallest absolute Gasteiger partial charge is 0.0994 e. The summed E-state index contributed by atoms with van der Waals surface area (Å²) < 4.78 is 6.01. The molecule has 88 valence electrons. The van der Waals surface area contributed by atoms with E-state index in [0.717, 1.165) is 6.61 Å². The number of hydrogen-bond acceptors (Lipinski definition) is 2. The number of allylic oxidation sites excluding steroid dienone is 4. The number of nitrogens with zero attached hydrogens (tertiary/aromatic N) is 1. The fourth-order valence-electron chi connectivity index (χ4n) is 3.56. The first-order valence-electron chi connectivity index (χ1n) is 6.46. The molecule has 3 rings (SSSR count). The molecule has 2 nitrogen and oxygen atoms in total. The summed E-state index contributed by atoms with van der Waals surface area (Å²) in [5.41, 5.74) is 0.445. The van der Waals surface area contributed by atoms with Crippen molar-refractivity contribution >= 4 is 0 Å². The lowest BCUT2D eigenvalue weighted by Gasteiger charge is -2.47.